The Morgan fingerprint density at radius 1 is 0.971 bits per heavy atom. The number of carbonyl (C=O) groups excluding carboxylic acids is 1. The van der Waals surface area contributed by atoms with Crippen LogP contribution < -0.4 is 20.4 Å². The second-order valence-corrected chi connectivity index (χ2v) is 8.55. The Labute approximate surface area is 200 Å². The number of likely N-dealkylation sites (N-methyl/N-ethyl adjacent to an activating group) is 1. The lowest BCUT2D eigenvalue weighted by molar-refractivity contribution is -0.121. The lowest BCUT2D eigenvalue weighted by Crippen LogP contribution is -2.41. The van der Waals surface area contributed by atoms with E-state index < -0.39 is 0 Å². The van der Waals surface area contributed by atoms with Gasteiger partial charge in [0.1, 0.15) is 6.04 Å². The highest BCUT2D eigenvalue weighted by atomic mass is 16.5. The summed E-state index contributed by atoms with van der Waals surface area (Å²) in [6.45, 7) is 4.27. The van der Waals surface area contributed by atoms with Crippen molar-refractivity contribution in [1.82, 2.24) is 15.3 Å². The summed E-state index contributed by atoms with van der Waals surface area (Å²) in [4.78, 5) is 25.8. The molecule has 3 aromatic rings. The average molecular weight is 459 g/mol. The summed E-state index contributed by atoms with van der Waals surface area (Å²) in [6, 6.07) is 18.4. The van der Waals surface area contributed by atoms with Crippen molar-refractivity contribution < 1.29 is 9.53 Å². The molecule has 2 N–H and O–H groups in total. The van der Waals surface area contributed by atoms with Crippen molar-refractivity contribution in [2.45, 2.75) is 18.9 Å². The summed E-state index contributed by atoms with van der Waals surface area (Å²) in [6.07, 6.45) is 3.67. The lowest BCUT2D eigenvalue weighted by Gasteiger charge is -2.28. The smallest absolute Gasteiger partial charge is 0.242 e. The van der Waals surface area contributed by atoms with Crippen LogP contribution in [0.25, 0.3) is 11.3 Å². The van der Waals surface area contributed by atoms with Crippen LogP contribution in [0.3, 0.4) is 0 Å². The van der Waals surface area contributed by atoms with E-state index in [1.807, 2.05) is 6.07 Å². The molecule has 0 unspecified atom stereocenters. The first-order valence-corrected chi connectivity index (χ1v) is 11.8. The fourth-order valence-electron chi connectivity index (χ4n) is 4.62. The summed E-state index contributed by atoms with van der Waals surface area (Å²) >= 11 is 0. The van der Waals surface area contributed by atoms with E-state index in [1.165, 1.54) is 5.69 Å². The van der Waals surface area contributed by atoms with Crippen molar-refractivity contribution >= 4 is 28.9 Å². The van der Waals surface area contributed by atoms with Crippen LogP contribution in [0.2, 0.25) is 0 Å². The van der Waals surface area contributed by atoms with Gasteiger partial charge in [0.2, 0.25) is 11.9 Å². The maximum absolute atomic E-state index is 12.2. The number of benzene rings is 2. The molecule has 1 atom stereocenters. The average Bonchev–Trinajstić information content (AvgIpc) is 3.40. The second-order valence-electron chi connectivity index (χ2n) is 8.55. The maximum atomic E-state index is 12.2. The van der Waals surface area contributed by atoms with Crippen LogP contribution >= 0.6 is 0 Å². The summed E-state index contributed by atoms with van der Waals surface area (Å²) < 4.78 is 5.43. The summed E-state index contributed by atoms with van der Waals surface area (Å²) in [5.41, 5.74) is 5.05. The molecule has 2 fully saturated rings. The number of ether oxygens (including phenoxy) is 1. The van der Waals surface area contributed by atoms with Gasteiger partial charge in [-0.1, -0.05) is 12.1 Å². The fourth-order valence-corrected chi connectivity index (χ4v) is 4.62. The maximum Gasteiger partial charge on any atom is 0.242 e. The van der Waals surface area contributed by atoms with Gasteiger partial charge in [0.15, 0.2) is 0 Å². The number of nitrogens with zero attached hydrogens (tertiary/aromatic N) is 4. The van der Waals surface area contributed by atoms with E-state index in [9.17, 15) is 4.79 Å². The molecule has 0 spiro atoms. The van der Waals surface area contributed by atoms with Gasteiger partial charge >= 0.3 is 0 Å². The molecule has 0 saturated carbocycles. The third kappa shape index (κ3) is 4.82. The van der Waals surface area contributed by atoms with E-state index in [-0.39, 0.29) is 11.9 Å². The predicted molar refractivity (Wildman–Crippen MR) is 135 cm³/mol. The zero-order chi connectivity index (χ0) is 23.3. The topological polar surface area (TPSA) is 82.6 Å². The molecule has 8 nitrogen and oxygen atoms in total. The number of hydrogen-bond acceptors (Lipinski definition) is 7. The van der Waals surface area contributed by atoms with Gasteiger partial charge in [-0.25, -0.2) is 9.97 Å². The van der Waals surface area contributed by atoms with Gasteiger partial charge in [-0.05, 0) is 55.3 Å². The molecule has 8 heteroatoms. The van der Waals surface area contributed by atoms with E-state index in [2.05, 4.69) is 73.9 Å². The van der Waals surface area contributed by atoms with Crippen molar-refractivity contribution in [2.24, 2.45) is 0 Å². The molecule has 0 radical (unpaired) electrons. The highest BCUT2D eigenvalue weighted by molar-refractivity contribution is 5.85. The quantitative estimate of drug-likeness (QED) is 0.586. The highest BCUT2D eigenvalue weighted by Crippen LogP contribution is 2.28. The molecule has 2 aliphatic rings. The van der Waals surface area contributed by atoms with E-state index in [4.69, 9.17) is 9.72 Å². The van der Waals surface area contributed by atoms with Gasteiger partial charge in [-0.3, -0.25) is 4.79 Å². The van der Waals surface area contributed by atoms with Crippen molar-refractivity contribution in [1.29, 1.82) is 0 Å². The Bertz CT molecular complexity index is 1110. The minimum Gasteiger partial charge on any atom is -0.378 e. The monoisotopic (exact) mass is 458 g/mol. The molecule has 1 amide bonds. The van der Waals surface area contributed by atoms with E-state index in [1.54, 1.807) is 13.2 Å². The van der Waals surface area contributed by atoms with Gasteiger partial charge in [0, 0.05) is 55.5 Å². The molecule has 1 aromatic heterocycles. The molecular formula is C26H30N6O2. The largest absolute Gasteiger partial charge is 0.378 e. The van der Waals surface area contributed by atoms with Crippen molar-refractivity contribution in [3.8, 4) is 11.3 Å². The van der Waals surface area contributed by atoms with Crippen LogP contribution in [0, 0.1) is 0 Å². The van der Waals surface area contributed by atoms with Crippen LogP contribution in [0.15, 0.2) is 60.8 Å². The molecule has 5 rings (SSSR count). The molecule has 2 aliphatic heterocycles. The lowest BCUT2D eigenvalue weighted by atomic mass is 10.1. The van der Waals surface area contributed by atoms with E-state index in [0.717, 1.165) is 68.3 Å². The van der Waals surface area contributed by atoms with Gasteiger partial charge in [0.05, 0.1) is 18.9 Å². The van der Waals surface area contributed by atoms with Crippen LogP contribution in [0.5, 0.6) is 0 Å². The van der Waals surface area contributed by atoms with E-state index in [0.29, 0.717) is 5.95 Å². The number of morpholine rings is 1. The number of anilines is 4. The van der Waals surface area contributed by atoms with Crippen LogP contribution in [-0.2, 0) is 9.53 Å². The van der Waals surface area contributed by atoms with Gasteiger partial charge < -0.3 is 25.2 Å². The summed E-state index contributed by atoms with van der Waals surface area (Å²) in [5, 5.41) is 6.08. The SMILES string of the molecule is CNC(=O)[C@H]1CCCN1c1ccc(-c2ccnc(Nc3ccc(N4CCOCC4)cc3)n2)cc1. The normalized spacial score (nSPS) is 18.1. The number of hydrogen-bond donors (Lipinski definition) is 2. The molecule has 0 aliphatic carbocycles. The Kier molecular flexibility index (Phi) is 6.58. The predicted octanol–water partition coefficient (Wildman–Crippen LogP) is 3.44. The van der Waals surface area contributed by atoms with E-state index >= 15 is 0 Å². The number of amides is 1. The molecule has 176 valence electrons. The number of rotatable bonds is 6. The Morgan fingerprint density at radius 3 is 2.44 bits per heavy atom. The Balaban J connectivity index is 1.27. The van der Waals surface area contributed by atoms with Gasteiger partial charge in [0.25, 0.3) is 0 Å². The van der Waals surface area contributed by atoms with Gasteiger partial charge in [-0.2, -0.15) is 0 Å². The number of aromatic nitrogens is 2. The molecule has 2 saturated heterocycles. The fraction of sp³-hybridized carbons (Fsp3) is 0.346. The minimum atomic E-state index is -0.0969. The minimum absolute atomic E-state index is 0.0751. The second kappa shape index (κ2) is 10.1. The zero-order valence-corrected chi connectivity index (χ0v) is 19.4. The highest BCUT2D eigenvalue weighted by Gasteiger charge is 2.30. The number of carbonyl (C=O) groups is 1. The van der Waals surface area contributed by atoms with Crippen molar-refractivity contribution in [2.75, 3.05) is 55.0 Å². The standard InChI is InChI=1S/C26H30N6O2/c1-27-25(33)24-3-2-14-32(24)22-8-4-19(5-9-22)23-12-13-28-26(30-23)29-20-6-10-21(11-7-20)31-15-17-34-18-16-31/h4-13,24H,2-3,14-18H2,1H3,(H,27,33)(H,28,29,30)/t24-/m1/s1. The first-order chi connectivity index (χ1) is 16.7. The third-order valence-corrected chi connectivity index (χ3v) is 6.45. The Hall–Kier alpha value is -3.65. The van der Waals surface area contributed by atoms with Crippen LogP contribution in [0.1, 0.15) is 12.8 Å². The third-order valence-electron chi connectivity index (χ3n) is 6.45. The molecule has 2 aromatic carbocycles. The molecule has 3 heterocycles. The Morgan fingerprint density at radius 2 is 1.71 bits per heavy atom. The van der Waals surface area contributed by atoms with Crippen LogP contribution in [-0.4, -0.2) is 61.8 Å². The molecule has 34 heavy (non-hydrogen) atoms. The van der Waals surface area contributed by atoms with Gasteiger partial charge in [-0.15, -0.1) is 0 Å². The first kappa shape index (κ1) is 22.2. The summed E-state index contributed by atoms with van der Waals surface area (Å²) in [5.74, 6) is 0.631. The summed E-state index contributed by atoms with van der Waals surface area (Å²) in [7, 11) is 1.70. The van der Waals surface area contributed by atoms with Crippen LogP contribution in [0.4, 0.5) is 23.0 Å². The zero-order valence-electron chi connectivity index (χ0n) is 19.4. The molecule has 0 bridgehead atoms. The first-order valence-electron chi connectivity index (χ1n) is 11.8. The van der Waals surface area contributed by atoms with Crippen molar-refractivity contribution in [3.63, 3.8) is 0 Å². The molecular weight excluding hydrogens is 428 g/mol. The number of nitrogens with one attached hydrogen (secondary N) is 2. The van der Waals surface area contributed by atoms with Crippen molar-refractivity contribution in [3.05, 3.63) is 60.8 Å².